The first-order valence-corrected chi connectivity index (χ1v) is 11.9. The lowest BCUT2D eigenvalue weighted by Gasteiger charge is -2.07. The number of hydrogen-bond acceptors (Lipinski definition) is 5. The average molecular weight is 458 g/mol. The van der Waals surface area contributed by atoms with Gasteiger partial charge in [0.15, 0.2) is 15.6 Å². The van der Waals surface area contributed by atoms with E-state index in [1.54, 1.807) is 36.4 Å². The highest BCUT2D eigenvalue weighted by Gasteiger charge is 2.22. The Labute approximate surface area is 190 Å². The summed E-state index contributed by atoms with van der Waals surface area (Å²) in [5, 5.41) is 2.79. The largest absolute Gasteiger partial charge is 0.459 e. The predicted octanol–water partition coefficient (Wildman–Crippen LogP) is 5.05. The molecule has 164 valence electrons. The van der Waals surface area contributed by atoms with Crippen molar-refractivity contribution in [1.29, 1.82) is 0 Å². The minimum absolute atomic E-state index is 0.0383. The number of furan rings is 1. The highest BCUT2D eigenvalue weighted by molar-refractivity contribution is 7.90. The van der Waals surface area contributed by atoms with Gasteiger partial charge in [-0.05, 0) is 42.5 Å². The number of fused-ring (bicyclic) bond motifs is 1. The van der Waals surface area contributed by atoms with Crippen LogP contribution in [0.25, 0.3) is 22.4 Å². The van der Waals surface area contributed by atoms with Crippen molar-refractivity contribution in [2.75, 3.05) is 5.32 Å². The van der Waals surface area contributed by atoms with Gasteiger partial charge in [0.1, 0.15) is 5.82 Å². The fourth-order valence-corrected chi connectivity index (χ4v) is 4.96. The average Bonchev–Trinajstić information content (AvgIpc) is 3.46. The molecule has 0 bridgehead atoms. The van der Waals surface area contributed by atoms with Crippen LogP contribution in [0.15, 0.2) is 101 Å². The summed E-state index contributed by atoms with van der Waals surface area (Å²) in [7, 11) is -3.62. The molecule has 3 aromatic carbocycles. The molecule has 8 heteroatoms. The van der Waals surface area contributed by atoms with Gasteiger partial charge in [0.2, 0.25) is 0 Å². The summed E-state index contributed by atoms with van der Waals surface area (Å²) < 4.78 is 30.8. The van der Waals surface area contributed by atoms with Crippen molar-refractivity contribution in [2.24, 2.45) is 0 Å². The van der Waals surface area contributed by atoms with Gasteiger partial charge in [0.25, 0.3) is 5.91 Å². The van der Waals surface area contributed by atoms with Gasteiger partial charge in [-0.3, -0.25) is 4.79 Å². The fourth-order valence-electron chi connectivity index (χ4n) is 3.59. The van der Waals surface area contributed by atoms with Crippen LogP contribution in [0.4, 0.5) is 5.69 Å². The molecular weight excluding hydrogens is 438 g/mol. The standard InChI is InChI=1S/C25H19N3O4S/c29-25(23-18(13-14-32-23)16-33(30,31)20-9-2-1-3-10-20)26-19-8-6-7-17(15-19)24-27-21-11-4-5-12-22(21)28-24/h1-15H,16H2,(H,26,29)(H,27,28). The number of para-hydroxylation sites is 2. The first kappa shape index (κ1) is 20.7. The molecule has 0 saturated heterocycles. The van der Waals surface area contributed by atoms with E-state index < -0.39 is 15.7 Å². The number of anilines is 1. The van der Waals surface area contributed by atoms with Crippen LogP contribution >= 0.6 is 0 Å². The number of H-pyrrole nitrogens is 1. The molecule has 5 rings (SSSR count). The summed E-state index contributed by atoms with van der Waals surface area (Å²) in [6.45, 7) is 0. The molecule has 0 aliphatic carbocycles. The summed E-state index contributed by atoms with van der Waals surface area (Å²) in [5.41, 5.74) is 3.40. The van der Waals surface area contributed by atoms with Crippen molar-refractivity contribution < 1.29 is 17.6 Å². The molecule has 2 N–H and O–H groups in total. The van der Waals surface area contributed by atoms with Crippen molar-refractivity contribution in [3.8, 4) is 11.4 Å². The van der Waals surface area contributed by atoms with Crippen LogP contribution in [0.5, 0.6) is 0 Å². The second kappa shape index (κ2) is 8.40. The highest BCUT2D eigenvalue weighted by atomic mass is 32.2. The Morgan fingerprint density at radius 3 is 2.55 bits per heavy atom. The fraction of sp³-hybridized carbons (Fsp3) is 0.0400. The van der Waals surface area contributed by atoms with E-state index in [-0.39, 0.29) is 16.4 Å². The van der Waals surface area contributed by atoms with Crippen LogP contribution < -0.4 is 5.32 Å². The molecule has 0 saturated carbocycles. The first-order valence-electron chi connectivity index (χ1n) is 10.2. The van der Waals surface area contributed by atoms with E-state index in [0.29, 0.717) is 17.1 Å². The molecule has 1 amide bonds. The van der Waals surface area contributed by atoms with Crippen molar-refractivity contribution in [3.63, 3.8) is 0 Å². The Kier molecular flexibility index (Phi) is 5.27. The third kappa shape index (κ3) is 4.28. The summed E-state index contributed by atoms with van der Waals surface area (Å²) in [5.74, 6) is -0.224. The Morgan fingerprint density at radius 1 is 0.939 bits per heavy atom. The molecule has 33 heavy (non-hydrogen) atoms. The number of amides is 1. The van der Waals surface area contributed by atoms with Gasteiger partial charge in [-0.2, -0.15) is 0 Å². The summed E-state index contributed by atoms with van der Waals surface area (Å²) in [6.07, 6.45) is 1.32. The molecule has 7 nitrogen and oxygen atoms in total. The van der Waals surface area contributed by atoms with Crippen LogP contribution in [-0.4, -0.2) is 24.3 Å². The molecular formula is C25H19N3O4S. The zero-order valence-corrected chi connectivity index (χ0v) is 18.2. The van der Waals surface area contributed by atoms with Crippen molar-refractivity contribution in [3.05, 3.63) is 103 Å². The van der Waals surface area contributed by atoms with Crippen LogP contribution in [-0.2, 0) is 15.6 Å². The minimum Gasteiger partial charge on any atom is -0.459 e. The van der Waals surface area contributed by atoms with Gasteiger partial charge >= 0.3 is 0 Å². The van der Waals surface area contributed by atoms with Crippen molar-refractivity contribution >= 4 is 32.5 Å². The smallest absolute Gasteiger partial charge is 0.291 e. The normalized spacial score (nSPS) is 11.5. The maximum Gasteiger partial charge on any atom is 0.291 e. The van der Waals surface area contributed by atoms with Gasteiger partial charge in [0, 0.05) is 16.8 Å². The number of aromatic amines is 1. The molecule has 5 aromatic rings. The number of carbonyl (C=O) groups excluding carboxylic acids is 1. The SMILES string of the molecule is O=C(Nc1cccc(-c2nc3ccccc3[nH]2)c1)c1occc1CS(=O)(=O)c1ccccc1. The maximum atomic E-state index is 12.9. The quantitative estimate of drug-likeness (QED) is 0.371. The third-order valence-electron chi connectivity index (χ3n) is 5.18. The topological polar surface area (TPSA) is 105 Å². The van der Waals surface area contributed by atoms with Crippen LogP contribution in [0.1, 0.15) is 16.1 Å². The Morgan fingerprint density at radius 2 is 1.73 bits per heavy atom. The Bertz CT molecular complexity index is 1520. The molecule has 0 unspecified atom stereocenters. The van der Waals surface area contributed by atoms with E-state index in [1.165, 1.54) is 24.5 Å². The van der Waals surface area contributed by atoms with E-state index in [2.05, 4.69) is 15.3 Å². The van der Waals surface area contributed by atoms with E-state index in [1.807, 2.05) is 30.3 Å². The molecule has 0 atom stereocenters. The van der Waals surface area contributed by atoms with Crippen molar-refractivity contribution in [2.45, 2.75) is 10.6 Å². The number of sulfone groups is 1. The van der Waals surface area contributed by atoms with Gasteiger partial charge in [0.05, 0.1) is 27.9 Å². The van der Waals surface area contributed by atoms with Gasteiger partial charge < -0.3 is 14.7 Å². The number of nitrogens with zero attached hydrogens (tertiary/aromatic N) is 1. The summed E-state index contributed by atoms with van der Waals surface area (Å²) in [4.78, 5) is 20.9. The van der Waals surface area contributed by atoms with Crippen LogP contribution in [0.3, 0.4) is 0 Å². The number of rotatable bonds is 6. The zero-order chi connectivity index (χ0) is 22.8. The Balaban J connectivity index is 1.37. The number of nitrogens with one attached hydrogen (secondary N) is 2. The predicted molar refractivity (Wildman–Crippen MR) is 126 cm³/mol. The molecule has 0 spiro atoms. The zero-order valence-electron chi connectivity index (χ0n) is 17.4. The number of aromatic nitrogens is 2. The van der Waals surface area contributed by atoms with Gasteiger partial charge in [-0.15, -0.1) is 0 Å². The molecule has 0 radical (unpaired) electrons. The number of hydrogen-bond donors (Lipinski definition) is 2. The summed E-state index contributed by atoms with van der Waals surface area (Å²) >= 11 is 0. The summed E-state index contributed by atoms with van der Waals surface area (Å²) in [6, 6.07) is 24.6. The lowest BCUT2D eigenvalue weighted by molar-refractivity contribution is 0.0996. The number of imidazole rings is 1. The molecule has 0 aliphatic rings. The second-order valence-corrected chi connectivity index (χ2v) is 9.47. The molecule has 2 aromatic heterocycles. The first-order chi connectivity index (χ1) is 16.0. The van der Waals surface area contributed by atoms with Crippen LogP contribution in [0.2, 0.25) is 0 Å². The van der Waals surface area contributed by atoms with Crippen LogP contribution in [0, 0.1) is 0 Å². The minimum atomic E-state index is -3.62. The van der Waals surface area contributed by atoms with Gasteiger partial charge in [-0.25, -0.2) is 13.4 Å². The number of carbonyl (C=O) groups is 1. The lowest BCUT2D eigenvalue weighted by Crippen LogP contribution is -2.14. The monoisotopic (exact) mass is 457 g/mol. The van der Waals surface area contributed by atoms with Gasteiger partial charge in [-0.1, -0.05) is 42.5 Å². The highest BCUT2D eigenvalue weighted by Crippen LogP contribution is 2.25. The molecule has 0 aliphatic heterocycles. The molecule has 2 heterocycles. The number of benzene rings is 3. The van der Waals surface area contributed by atoms with E-state index in [4.69, 9.17) is 4.42 Å². The van der Waals surface area contributed by atoms with E-state index in [0.717, 1.165) is 16.6 Å². The van der Waals surface area contributed by atoms with Crippen molar-refractivity contribution in [1.82, 2.24) is 9.97 Å². The Hall–Kier alpha value is -4.17. The van der Waals surface area contributed by atoms with E-state index in [9.17, 15) is 13.2 Å². The second-order valence-electron chi connectivity index (χ2n) is 7.48. The maximum absolute atomic E-state index is 12.9. The molecule has 0 fully saturated rings. The lowest BCUT2D eigenvalue weighted by atomic mass is 10.2. The van der Waals surface area contributed by atoms with E-state index >= 15 is 0 Å². The third-order valence-corrected chi connectivity index (χ3v) is 6.87.